The van der Waals surface area contributed by atoms with Gasteiger partial charge in [-0.15, -0.1) is 0 Å². The summed E-state index contributed by atoms with van der Waals surface area (Å²) in [6.45, 7) is 0. The maximum Gasteiger partial charge on any atom is 0.237 e. The second kappa shape index (κ2) is 19.4. The fourth-order valence-corrected chi connectivity index (χ4v) is 14.7. The first kappa shape index (κ1) is 50.3. The van der Waals surface area contributed by atoms with E-state index >= 15 is 0 Å². The Morgan fingerprint density at radius 2 is 0.598 bits per heavy atom. The smallest absolute Gasteiger partial charge is 0.237 e. The molecular weight excluding hydrogens is 1120 g/mol. The van der Waals surface area contributed by atoms with E-state index in [1.807, 2.05) is 36.9 Å². The predicted molar refractivity (Wildman–Crippen MR) is 377 cm³/mol. The SMILES string of the molecule is c1ccc(-c2cc(-n3c4ccccc4c4cc(-c5ccc6c(c5)c5ccccc5n6-c5cnc6c(ccc7cccnc76)c5)ccc43)nc(-n3c4ccccc4c4cc(-c5ccc6c(c5)c5ccccc5n6-c5cnc6c(ccc7cccnc76)c5)ccc43)n2)cc1. The van der Waals surface area contributed by atoms with Crippen LogP contribution in [0.5, 0.6) is 0 Å². The van der Waals surface area contributed by atoms with Gasteiger partial charge in [-0.2, -0.15) is 4.98 Å². The zero-order valence-electron chi connectivity index (χ0n) is 49.2. The van der Waals surface area contributed by atoms with Crippen molar-refractivity contribution in [2.24, 2.45) is 0 Å². The van der Waals surface area contributed by atoms with Gasteiger partial charge in [0, 0.05) is 88.7 Å². The standard InChI is InChI=1S/C82H48N10/c1-2-14-49(15-3-1)68-46-77(91-71-24-10-6-20-62(71)66-44-54(32-36-75(66)91)52-30-34-73-64(42-52)60-18-4-8-22-69(60)89(73)58-40-56-28-26-50-16-12-38-83-78(50)80(56)85-47-58)88-82(87-68)92-72-25-11-7-21-63(72)67-45-55(33-37-76(67)92)53-31-35-74-65(43-53)61-19-5-9-23-70(61)90(74)59-41-57-29-27-51-17-13-39-84-79(51)81(57)86-48-59/h1-48H. The number of benzene rings is 11. The van der Waals surface area contributed by atoms with Crippen molar-refractivity contribution in [3.63, 3.8) is 0 Å². The van der Waals surface area contributed by atoms with Gasteiger partial charge in [-0.3, -0.25) is 29.1 Å². The zero-order valence-corrected chi connectivity index (χ0v) is 49.2. The molecule has 0 bridgehead atoms. The lowest BCUT2D eigenvalue weighted by Gasteiger charge is -2.14. The van der Waals surface area contributed by atoms with Crippen LogP contribution in [0, 0.1) is 0 Å². The molecule has 0 saturated heterocycles. The van der Waals surface area contributed by atoms with Gasteiger partial charge in [-0.1, -0.05) is 164 Å². The second-order valence-corrected chi connectivity index (χ2v) is 23.9. The number of pyridine rings is 4. The monoisotopic (exact) mass is 1170 g/mol. The molecule has 0 aliphatic heterocycles. The van der Waals surface area contributed by atoms with Crippen molar-refractivity contribution in [1.82, 2.24) is 48.2 Å². The Bertz CT molecular complexity index is 6160. The Morgan fingerprint density at radius 1 is 0.228 bits per heavy atom. The lowest BCUT2D eigenvalue weighted by molar-refractivity contribution is 0.952. The Morgan fingerprint density at radius 3 is 1.07 bits per heavy atom. The highest BCUT2D eigenvalue weighted by atomic mass is 15.2. The van der Waals surface area contributed by atoms with E-state index in [-0.39, 0.29) is 0 Å². The van der Waals surface area contributed by atoms with Crippen molar-refractivity contribution in [2.75, 3.05) is 0 Å². The van der Waals surface area contributed by atoms with Crippen molar-refractivity contribution < 1.29 is 0 Å². The molecule has 10 heteroatoms. The maximum atomic E-state index is 5.64. The zero-order chi connectivity index (χ0) is 60.1. The van der Waals surface area contributed by atoms with Gasteiger partial charge in [0.05, 0.1) is 95.7 Å². The lowest BCUT2D eigenvalue weighted by Crippen LogP contribution is -2.07. The fraction of sp³-hybridized carbons (Fsp3) is 0. The van der Waals surface area contributed by atoms with Crippen LogP contribution in [0.4, 0.5) is 0 Å². The van der Waals surface area contributed by atoms with Crippen LogP contribution >= 0.6 is 0 Å². The third-order valence-corrected chi connectivity index (χ3v) is 18.9. The van der Waals surface area contributed by atoms with Crippen LogP contribution in [0.1, 0.15) is 0 Å². The molecule has 0 amide bonds. The number of aromatic nitrogens is 10. The first-order valence-electron chi connectivity index (χ1n) is 31.0. The fourth-order valence-electron chi connectivity index (χ4n) is 14.7. The van der Waals surface area contributed by atoms with Gasteiger partial charge in [0.25, 0.3) is 0 Å². The normalized spacial score (nSPS) is 12.1. The van der Waals surface area contributed by atoms with Crippen molar-refractivity contribution >= 4 is 131 Å². The molecule has 10 nitrogen and oxygen atoms in total. The van der Waals surface area contributed by atoms with E-state index in [9.17, 15) is 0 Å². The summed E-state index contributed by atoms with van der Waals surface area (Å²) < 4.78 is 9.23. The first-order valence-corrected chi connectivity index (χ1v) is 31.0. The van der Waals surface area contributed by atoms with E-state index in [0.717, 1.165) is 160 Å². The lowest BCUT2D eigenvalue weighted by atomic mass is 10.0. The molecule has 0 saturated carbocycles. The van der Waals surface area contributed by atoms with Crippen molar-refractivity contribution in [3.05, 3.63) is 292 Å². The second-order valence-electron chi connectivity index (χ2n) is 23.9. The van der Waals surface area contributed by atoms with Gasteiger partial charge in [0.2, 0.25) is 5.95 Å². The van der Waals surface area contributed by atoms with Crippen LogP contribution < -0.4 is 0 Å². The van der Waals surface area contributed by atoms with Gasteiger partial charge in [-0.25, -0.2) is 4.98 Å². The summed E-state index contributed by atoms with van der Waals surface area (Å²) in [6, 6.07) is 95.8. The largest absolute Gasteiger partial charge is 0.308 e. The third kappa shape index (κ3) is 7.49. The van der Waals surface area contributed by atoms with E-state index in [2.05, 4.69) is 273 Å². The van der Waals surface area contributed by atoms with Crippen LogP contribution in [0.25, 0.3) is 187 Å². The summed E-state index contributed by atoms with van der Waals surface area (Å²) in [6.07, 6.45) is 7.64. The third-order valence-electron chi connectivity index (χ3n) is 18.9. The number of rotatable bonds is 7. The Balaban J connectivity index is 0.709. The summed E-state index contributed by atoms with van der Waals surface area (Å²) in [5.41, 5.74) is 20.6. The highest BCUT2D eigenvalue weighted by Crippen LogP contribution is 2.42. The minimum atomic E-state index is 0.585. The Hall–Kier alpha value is -12.7. The van der Waals surface area contributed by atoms with E-state index < -0.39 is 0 Å². The minimum absolute atomic E-state index is 0.585. The maximum absolute atomic E-state index is 5.64. The summed E-state index contributed by atoms with van der Waals surface area (Å²) in [5, 5.41) is 13.5. The highest BCUT2D eigenvalue weighted by Gasteiger charge is 2.23. The summed E-state index contributed by atoms with van der Waals surface area (Å²) in [7, 11) is 0. The van der Waals surface area contributed by atoms with E-state index in [0.29, 0.717) is 5.95 Å². The molecule has 9 heterocycles. The van der Waals surface area contributed by atoms with Crippen molar-refractivity contribution in [2.45, 2.75) is 0 Å². The quantitative estimate of drug-likeness (QED) is 0.148. The molecule has 0 spiro atoms. The summed E-state index contributed by atoms with van der Waals surface area (Å²) in [5.74, 6) is 1.36. The van der Waals surface area contributed by atoms with Crippen LogP contribution in [0.15, 0.2) is 292 Å². The van der Waals surface area contributed by atoms with Crippen molar-refractivity contribution in [1.29, 1.82) is 0 Å². The topological polar surface area (TPSA) is 97.1 Å². The molecule has 0 N–H and O–H groups in total. The van der Waals surface area contributed by atoms with Crippen LogP contribution in [0.2, 0.25) is 0 Å². The molecular formula is C82H48N10. The molecule has 0 radical (unpaired) electrons. The molecule has 9 aromatic heterocycles. The van der Waals surface area contributed by atoms with Gasteiger partial charge in [-0.05, 0) is 119 Å². The van der Waals surface area contributed by atoms with E-state index in [1.54, 1.807) is 0 Å². The number of hydrogen-bond donors (Lipinski definition) is 0. The van der Waals surface area contributed by atoms with Gasteiger partial charge in [0.15, 0.2) is 0 Å². The molecule has 0 aliphatic carbocycles. The molecule has 0 unspecified atom stereocenters. The number of nitrogens with zero attached hydrogens (tertiary/aromatic N) is 10. The van der Waals surface area contributed by atoms with Gasteiger partial charge in [0.1, 0.15) is 5.82 Å². The van der Waals surface area contributed by atoms with Gasteiger partial charge < -0.3 is 9.13 Å². The average Bonchev–Trinajstić information content (AvgIpc) is 1.62. The molecule has 20 aromatic rings. The van der Waals surface area contributed by atoms with Crippen molar-refractivity contribution in [3.8, 4) is 56.7 Å². The number of hydrogen-bond acceptors (Lipinski definition) is 6. The molecule has 92 heavy (non-hydrogen) atoms. The van der Waals surface area contributed by atoms with Crippen LogP contribution in [0.3, 0.4) is 0 Å². The number of fused-ring (bicyclic) bond motifs is 18. The Kier molecular flexibility index (Phi) is 10.6. The molecule has 11 aromatic carbocycles. The first-order chi connectivity index (χ1) is 45.6. The molecule has 426 valence electrons. The molecule has 20 rings (SSSR count). The minimum Gasteiger partial charge on any atom is -0.308 e. The van der Waals surface area contributed by atoms with Gasteiger partial charge >= 0.3 is 0 Å². The summed E-state index contributed by atoms with van der Waals surface area (Å²) >= 11 is 0. The van der Waals surface area contributed by atoms with E-state index in [4.69, 9.17) is 29.9 Å². The predicted octanol–water partition coefficient (Wildman–Crippen LogP) is 20.1. The highest BCUT2D eigenvalue weighted by molar-refractivity contribution is 6.16. The summed E-state index contributed by atoms with van der Waals surface area (Å²) in [4.78, 5) is 30.6. The van der Waals surface area contributed by atoms with Crippen LogP contribution in [-0.4, -0.2) is 48.2 Å². The van der Waals surface area contributed by atoms with E-state index in [1.165, 1.54) is 21.5 Å². The van der Waals surface area contributed by atoms with Crippen LogP contribution in [-0.2, 0) is 0 Å². The molecule has 0 fully saturated rings. The molecule has 0 aliphatic rings. The Labute approximate surface area is 524 Å². The number of para-hydroxylation sites is 4. The molecule has 0 atom stereocenters. The average molecular weight is 1170 g/mol.